The topological polar surface area (TPSA) is 42.0 Å². The lowest BCUT2D eigenvalue weighted by atomic mass is 9.97. The summed E-state index contributed by atoms with van der Waals surface area (Å²) in [6.45, 7) is 3.59. The number of nitrogens with zero attached hydrogens (tertiary/aromatic N) is 1. The average Bonchev–Trinajstić information content (AvgIpc) is 2.97. The minimum Gasteiger partial charge on any atom is -0.317 e. The Morgan fingerprint density at radius 1 is 1.25 bits per heavy atom. The predicted molar refractivity (Wildman–Crippen MR) is 107 cm³/mol. The van der Waals surface area contributed by atoms with Crippen LogP contribution in [-0.2, 0) is 11.2 Å². The number of halogens is 3. The molecular formula is C17H23Cl3N2OS. The first kappa shape index (κ1) is 23.4. The maximum Gasteiger partial charge on any atom is 0.218 e. The summed E-state index contributed by atoms with van der Waals surface area (Å²) in [6.07, 6.45) is 5.58. The molecule has 2 heterocycles. The smallest absolute Gasteiger partial charge is 0.218 e. The Bertz CT molecular complexity index is 583. The zero-order chi connectivity index (χ0) is 15.8. The molecule has 3 rings (SSSR count). The SMILES string of the molecule is CC(=O)Cl.Cl.Cl.c1ccc(Cc2ncc(C3CCNCC3)s2)cc1. The first-order chi connectivity index (χ1) is 10.6. The molecule has 0 unspecified atom stereocenters. The number of rotatable bonds is 3. The third-order valence-corrected chi connectivity index (χ3v) is 4.67. The fourth-order valence-corrected chi connectivity index (χ4v) is 3.60. The van der Waals surface area contributed by atoms with Gasteiger partial charge in [0.1, 0.15) is 0 Å². The largest absolute Gasteiger partial charge is 0.317 e. The minimum atomic E-state index is -0.361. The van der Waals surface area contributed by atoms with Gasteiger partial charge < -0.3 is 5.32 Å². The van der Waals surface area contributed by atoms with Crippen LogP contribution in [0.25, 0.3) is 0 Å². The molecule has 1 N–H and O–H groups in total. The van der Waals surface area contributed by atoms with E-state index in [1.54, 1.807) is 0 Å². The van der Waals surface area contributed by atoms with Crippen molar-refractivity contribution in [2.24, 2.45) is 0 Å². The van der Waals surface area contributed by atoms with Crippen molar-refractivity contribution in [2.75, 3.05) is 13.1 Å². The molecule has 0 aliphatic carbocycles. The molecule has 1 fully saturated rings. The van der Waals surface area contributed by atoms with Crippen LogP contribution in [0.1, 0.15) is 41.1 Å². The fourth-order valence-electron chi connectivity index (χ4n) is 2.47. The number of hydrogen-bond acceptors (Lipinski definition) is 4. The lowest BCUT2D eigenvalue weighted by Crippen LogP contribution is -2.26. The molecule has 1 aliphatic rings. The molecular weight excluding hydrogens is 387 g/mol. The summed E-state index contributed by atoms with van der Waals surface area (Å²) < 4.78 is 0. The molecule has 0 spiro atoms. The van der Waals surface area contributed by atoms with Crippen molar-refractivity contribution in [2.45, 2.75) is 32.1 Å². The summed E-state index contributed by atoms with van der Waals surface area (Å²) in [4.78, 5) is 15.3. The molecule has 7 heteroatoms. The third-order valence-electron chi connectivity index (χ3n) is 3.51. The fraction of sp³-hybridized carbons (Fsp3) is 0.412. The molecule has 3 nitrogen and oxygen atoms in total. The summed E-state index contributed by atoms with van der Waals surface area (Å²) in [6, 6.07) is 10.6. The van der Waals surface area contributed by atoms with E-state index >= 15 is 0 Å². The van der Waals surface area contributed by atoms with Crippen LogP contribution in [0, 0.1) is 0 Å². The summed E-state index contributed by atoms with van der Waals surface area (Å²) >= 11 is 6.53. The van der Waals surface area contributed by atoms with Gasteiger partial charge in [-0.25, -0.2) is 4.98 Å². The van der Waals surface area contributed by atoms with Gasteiger partial charge >= 0.3 is 0 Å². The predicted octanol–water partition coefficient (Wildman–Crippen LogP) is 4.82. The van der Waals surface area contributed by atoms with Gasteiger partial charge in [-0.05, 0) is 49.0 Å². The number of carbonyl (C=O) groups excluding carboxylic acids is 1. The van der Waals surface area contributed by atoms with E-state index in [9.17, 15) is 4.79 Å². The molecule has 2 aromatic rings. The van der Waals surface area contributed by atoms with Gasteiger partial charge in [-0.1, -0.05) is 30.3 Å². The molecule has 0 atom stereocenters. The molecule has 0 radical (unpaired) electrons. The minimum absolute atomic E-state index is 0. The van der Waals surface area contributed by atoms with Crippen LogP contribution in [0.3, 0.4) is 0 Å². The lowest BCUT2D eigenvalue weighted by molar-refractivity contribution is -0.109. The van der Waals surface area contributed by atoms with Gasteiger partial charge in [0.25, 0.3) is 0 Å². The van der Waals surface area contributed by atoms with Crippen LogP contribution in [0.15, 0.2) is 36.5 Å². The Balaban J connectivity index is 0.000000801. The molecule has 1 aromatic heterocycles. The number of thiazole rings is 1. The molecule has 0 amide bonds. The highest BCUT2D eigenvalue weighted by Crippen LogP contribution is 2.30. The maximum absolute atomic E-state index is 9.21. The van der Waals surface area contributed by atoms with Crippen LogP contribution < -0.4 is 5.32 Å². The van der Waals surface area contributed by atoms with Crippen molar-refractivity contribution in [1.29, 1.82) is 0 Å². The molecule has 24 heavy (non-hydrogen) atoms. The van der Waals surface area contributed by atoms with Crippen LogP contribution in [0.2, 0.25) is 0 Å². The van der Waals surface area contributed by atoms with Crippen LogP contribution in [0.4, 0.5) is 0 Å². The van der Waals surface area contributed by atoms with Crippen molar-refractivity contribution >= 4 is 53.0 Å². The van der Waals surface area contributed by atoms with E-state index in [1.807, 2.05) is 11.3 Å². The highest BCUT2D eigenvalue weighted by molar-refractivity contribution is 7.11. The second-order valence-corrected chi connectivity index (χ2v) is 6.99. The summed E-state index contributed by atoms with van der Waals surface area (Å²) in [5, 5.41) is 4.30. The molecule has 1 aromatic carbocycles. The van der Waals surface area contributed by atoms with Crippen LogP contribution >= 0.6 is 47.8 Å². The van der Waals surface area contributed by atoms with E-state index in [-0.39, 0.29) is 30.1 Å². The average molecular weight is 410 g/mol. The second kappa shape index (κ2) is 12.7. The van der Waals surface area contributed by atoms with Gasteiger partial charge in [0.2, 0.25) is 5.24 Å². The normalized spacial score (nSPS) is 13.8. The van der Waals surface area contributed by atoms with Gasteiger partial charge in [0.05, 0.1) is 5.01 Å². The van der Waals surface area contributed by atoms with Crippen molar-refractivity contribution in [3.05, 3.63) is 52.0 Å². The summed E-state index contributed by atoms with van der Waals surface area (Å²) in [5.74, 6) is 0.730. The van der Waals surface area contributed by atoms with Gasteiger partial charge in [0, 0.05) is 24.4 Å². The zero-order valence-corrected chi connectivity index (χ0v) is 16.7. The Kier molecular flexibility index (Phi) is 12.3. The van der Waals surface area contributed by atoms with Crippen molar-refractivity contribution < 1.29 is 4.79 Å². The highest BCUT2D eigenvalue weighted by atomic mass is 35.5. The Morgan fingerprint density at radius 3 is 2.42 bits per heavy atom. The summed E-state index contributed by atoms with van der Waals surface area (Å²) in [7, 11) is 0. The number of aromatic nitrogens is 1. The Hall–Kier alpha value is -0.650. The monoisotopic (exact) mass is 408 g/mol. The number of hydrogen-bond donors (Lipinski definition) is 1. The van der Waals surface area contributed by atoms with Crippen LogP contribution in [0.5, 0.6) is 0 Å². The number of benzene rings is 1. The lowest BCUT2D eigenvalue weighted by Gasteiger charge is -2.20. The van der Waals surface area contributed by atoms with Gasteiger partial charge in [0.15, 0.2) is 0 Å². The van der Waals surface area contributed by atoms with Gasteiger partial charge in [-0.2, -0.15) is 0 Å². The van der Waals surface area contributed by atoms with E-state index in [2.05, 4.69) is 58.4 Å². The van der Waals surface area contributed by atoms with Crippen molar-refractivity contribution in [3.63, 3.8) is 0 Å². The van der Waals surface area contributed by atoms with E-state index in [0.29, 0.717) is 0 Å². The van der Waals surface area contributed by atoms with E-state index in [0.717, 1.165) is 25.4 Å². The maximum atomic E-state index is 9.21. The Labute approximate surface area is 165 Å². The van der Waals surface area contributed by atoms with Gasteiger partial charge in [-0.3, -0.25) is 4.79 Å². The van der Waals surface area contributed by atoms with Crippen molar-refractivity contribution in [1.82, 2.24) is 10.3 Å². The van der Waals surface area contributed by atoms with Crippen molar-refractivity contribution in [3.8, 4) is 0 Å². The molecule has 0 bridgehead atoms. The van der Waals surface area contributed by atoms with E-state index in [4.69, 9.17) is 0 Å². The van der Waals surface area contributed by atoms with E-state index in [1.165, 1.54) is 35.2 Å². The summed E-state index contributed by atoms with van der Waals surface area (Å²) in [5.41, 5.74) is 1.35. The second-order valence-electron chi connectivity index (χ2n) is 5.31. The molecule has 0 saturated carbocycles. The first-order valence-electron chi connectivity index (χ1n) is 7.50. The first-order valence-corrected chi connectivity index (χ1v) is 8.70. The third kappa shape index (κ3) is 8.45. The van der Waals surface area contributed by atoms with Crippen LogP contribution in [-0.4, -0.2) is 23.3 Å². The number of nitrogens with one attached hydrogen (secondary N) is 1. The molecule has 134 valence electrons. The number of carbonyl (C=O) groups is 1. The Morgan fingerprint density at radius 2 is 1.83 bits per heavy atom. The molecule has 1 aliphatic heterocycles. The highest BCUT2D eigenvalue weighted by Gasteiger charge is 2.17. The molecule has 1 saturated heterocycles. The number of piperidine rings is 1. The quantitative estimate of drug-likeness (QED) is 0.739. The standard InChI is InChI=1S/C15H18N2S.C2H3ClO.2ClH/c1-2-4-12(5-3-1)10-15-17-11-14(18-15)13-6-8-16-9-7-13;1-2(3)4;;/h1-5,11,13,16H,6-10H2;1H3;2*1H. The van der Waals surface area contributed by atoms with Gasteiger partial charge in [-0.15, -0.1) is 36.2 Å². The zero-order valence-electron chi connectivity index (χ0n) is 13.5. The van der Waals surface area contributed by atoms with E-state index < -0.39 is 0 Å².